The van der Waals surface area contributed by atoms with Crippen molar-refractivity contribution in [3.63, 3.8) is 0 Å². The summed E-state index contributed by atoms with van der Waals surface area (Å²) in [4.78, 5) is 20.8. The standard InChI is InChI=1S/C30H43N5O/c1-4-22-11-13-23(14-12-22)30-32-27-16-15-24(25-20-31-33(3)21-25)19-28(27)35(30)18-17-29(36)34(5-2)26-9-7-6-8-10-26/h15-16,19-23,26H,4-14,17-18H2,1-3H3. The van der Waals surface area contributed by atoms with E-state index in [1.165, 1.54) is 57.2 Å². The molecule has 2 aromatic heterocycles. The van der Waals surface area contributed by atoms with Crippen molar-refractivity contribution in [1.29, 1.82) is 0 Å². The van der Waals surface area contributed by atoms with Crippen LogP contribution in [-0.2, 0) is 18.4 Å². The summed E-state index contributed by atoms with van der Waals surface area (Å²) in [5.41, 5.74) is 4.46. The number of imidazole rings is 1. The Morgan fingerprint density at radius 3 is 2.47 bits per heavy atom. The summed E-state index contributed by atoms with van der Waals surface area (Å²) in [5.74, 6) is 2.83. The molecule has 0 saturated heterocycles. The SMILES string of the molecule is CCC1CCC(c2nc3ccc(-c4cnn(C)c4)cc3n2CCC(=O)N(CC)C2CCCCC2)CC1. The molecule has 2 aliphatic rings. The first-order valence-electron chi connectivity index (χ1n) is 14.4. The minimum atomic E-state index is 0.301. The maximum Gasteiger partial charge on any atom is 0.224 e. The van der Waals surface area contributed by atoms with E-state index in [0.29, 0.717) is 30.8 Å². The van der Waals surface area contributed by atoms with Crippen molar-refractivity contribution >= 4 is 16.9 Å². The molecule has 36 heavy (non-hydrogen) atoms. The maximum atomic E-state index is 13.4. The van der Waals surface area contributed by atoms with Crippen LogP contribution in [0, 0.1) is 5.92 Å². The molecule has 5 rings (SSSR count). The minimum Gasteiger partial charge on any atom is -0.340 e. The highest BCUT2D eigenvalue weighted by Gasteiger charge is 2.28. The lowest BCUT2D eigenvalue weighted by atomic mass is 9.80. The highest BCUT2D eigenvalue weighted by Crippen LogP contribution is 2.38. The number of aromatic nitrogens is 4. The van der Waals surface area contributed by atoms with E-state index >= 15 is 0 Å². The third-order valence-corrected chi connectivity index (χ3v) is 8.83. The lowest BCUT2D eigenvalue weighted by Crippen LogP contribution is -2.41. The van der Waals surface area contributed by atoms with Crippen LogP contribution in [0.15, 0.2) is 30.6 Å². The van der Waals surface area contributed by atoms with Crippen molar-refractivity contribution in [2.75, 3.05) is 6.54 Å². The molecule has 3 aromatic rings. The van der Waals surface area contributed by atoms with E-state index in [1.807, 2.05) is 17.9 Å². The number of carbonyl (C=O) groups is 1. The highest BCUT2D eigenvalue weighted by atomic mass is 16.2. The topological polar surface area (TPSA) is 56.0 Å². The van der Waals surface area contributed by atoms with Crippen molar-refractivity contribution in [2.45, 2.75) is 103 Å². The van der Waals surface area contributed by atoms with E-state index < -0.39 is 0 Å². The second kappa shape index (κ2) is 11.2. The number of hydrogen-bond acceptors (Lipinski definition) is 3. The molecule has 0 spiro atoms. The van der Waals surface area contributed by atoms with Gasteiger partial charge in [-0.3, -0.25) is 9.48 Å². The third kappa shape index (κ3) is 5.23. The van der Waals surface area contributed by atoms with Crippen molar-refractivity contribution in [1.82, 2.24) is 24.2 Å². The maximum absolute atomic E-state index is 13.4. The number of carbonyl (C=O) groups excluding carboxylic acids is 1. The zero-order chi connectivity index (χ0) is 25.1. The van der Waals surface area contributed by atoms with Crippen LogP contribution in [0.5, 0.6) is 0 Å². The van der Waals surface area contributed by atoms with E-state index in [4.69, 9.17) is 4.98 Å². The Labute approximate surface area is 216 Å². The summed E-state index contributed by atoms with van der Waals surface area (Å²) in [5, 5.41) is 4.37. The lowest BCUT2D eigenvalue weighted by Gasteiger charge is -2.34. The molecule has 0 bridgehead atoms. The second-order valence-electron chi connectivity index (χ2n) is 11.1. The van der Waals surface area contributed by atoms with Crippen molar-refractivity contribution in [3.8, 4) is 11.1 Å². The first-order chi connectivity index (χ1) is 17.6. The van der Waals surface area contributed by atoms with Gasteiger partial charge in [0.2, 0.25) is 5.91 Å². The summed E-state index contributed by atoms with van der Waals surface area (Å²) in [6.45, 7) is 5.97. The van der Waals surface area contributed by atoms with E-state index in [0.717, 1.165) is 47.5 Å². The van der Waals surface area contributed by atoms with Gasteiger partial charge in [-0.2, -0.15) is 5.10 Å². The number of hydrogen-bond donors (Lipinski definition) is 0. The van der Waals surface area contributed by atoms with E-state index in [-0.39, 0.29) is 0 Å². The normalized spacial score (nSPS) is 21.2. The van der Waals surface area contributed by atoms with Crippen LogP contribution in [0.1, 0.15) is 96.2 Å². The molecule has 2 heterocycles. The van der Waals surface area contributed by atoms with Gasteiger partial charge in [0, 0.05) is 50.3 Å². The monoisotopic (exact) mass is 489 g/mol. The zero-order valence-electron chi connectivity index (χ0n) is 22.5. The Kier molecular flexibility index (Phi) is 7.78. The van der Waals surface area contributed by atoms with Crippen LogP contribution in [0.2, 0.25) is 0 Å². The Morgan fingerprint density at radius 2 is 1.81 bits per heavy atom. The van der Waals surface area contributed by atoms with Crippen molar-refractivity contribution in [3.05, 3.63) is 36.4 Å². The largest absolute Gasteiger partial charge is 0.340 e. The molecule has 0 atom stereocenters. The highest BCUT2D eigenvalue weighted by molar-refractivity contribution is 5.83. The van der Waals surface area contributed by atoms with Crippen LogP contribution in [0.3, 0.4) is 0 Å². The quantitative estimate of drug-likeness (QED) is 0.354. The molecule has 1 amide bonds. The van der Waals surface area contributed by atoms with Gasteiger partial charge in [-0.05, 0) is 69.1 Å². The fraction of sp³-hybridized carbons (Fsp3) is 0.633. The Morgan fingerprint density at radius 1 is 1.03 bits per heavy atom. The summed E-state index contributed by atoms with van der Waals surface area (Å²) in [6.07, 6.45) is 16.9. The van der Waals surface area contributed by atoms with Gasteiger partial charge in [-0.25, -0.2) is 4.98 Å². The van der Waals surface area contributed by atoms with Crippen LogP contribution in [-0.4, -0.2) is 42.7 Å². The number of aryl methyl sites for hydroxylation is 2. The first kappa shape index (κ1) is 25.0. The second-order valence-corrected chi connectivity index (χ2v) is 11.1. The summed E-state index contributed by atoms with van der Waals surface area (Å²) < 4.78 is 4.23. The molecule has 6 nitrogen and oxygen atoms in total. The summed E-state index contributed by atoms with van der Waals surface area (Å²) in [7, 11) is 1.95. The van der Waals surface area contributed by atoms with Gasteiger partial charge in [-0.1, -0.05) is 38.7 Å². The van der Waals surface area contributed by atoms with Crippen LogP contribution < -0.4 is 0 Å². The van der Waals surface area contributed by atoms with Gasteiger partial charge >= 0.3 is 0 Å². The molecule has 2 fully saturated rings. The van der Waals surface area contributed by atoms with Gasteiger partial charge in [0.05, 0.1) is 17.2 Å². The molecule has 1 aromatic carbocycles. The molecule has 0 N–H and O–H groups in total. The molecule has 0 radical (unpaired) electrons. The fourth-order valence-corrected chi connectivity index (χ4v) is 6.65. The van der Waals surface area contributed by atoms with E-state index in [9.17, 15) is 4.79 Å². The van der Waals surface area contributed by atoms with Gasteiger partial charge in [0.25, 0.3) is 0 Å². The van der Waals surface area contributed by atoms with Gasteiger partial charge in [0.1, 0.15) is 5.82 Å². The van der Waals surface area contributed by atoms with Crippen LogP contribution in [0.4, 0.5) is 0 Å². The van der Waals surface area contributed by atoms with Gasteiger partial charge in [-0.15, -0.1) is 0 Å². The summed E-state index contributed by atoms with van der Waals surface area (Å²) in [6, 6.07) is 6.99. The smallest absolute Gasteiger partial charge is 0.224 e. The number of amides is 1. The Balaban J connectivity index is 1.43. The molecular weight excluding hydrogens is 446 g/mol. The molecule has 6 heteroatoms. The fourth-order valence-electron chi connectivity index (χ4n) is 6.65. The number of benzene rings is 1. The third-order valence-electron chi connectivity index (χ3n) is 8.83. The molecular formula is C30H43N5O. The summed E-state index contributed by atoms with van der Waals surface area (Å²) >= 11 is 0. The predicted octanol–water partition coefficient (Wildman–Crippen LogP) is 6.69. The molecule has 2 saturated carbocycles. The zero-order valence-corrected chi connectivity index (χ0v) is 22.5. The average Bonchev–Trinajstić information content (AvgIpc) is 3.51. The first-order valence-corrected chi connectivity index (χ1v) is 14.4. The van der Waals surface area contributed by atoms with Crippen molar-refractivity contribution in [2.24, 2.45) is 13.0 Å². The Hall–Kier alpha value is -2.63. The predicted molar refractivity (Wildman–Crippen MR) is 146 cm³/mol. The average molecular weight is 490 g/mol. The minimum absolute atomic E-state index is 0.301. The number of nitrogens with zero attached hydrogens (tertiary/aromatic N) is 5. The molecule has 2 aliphatic carbocycles. The lowest BCUT2D eigenvalue weighted by molar-refractivity contribution is -0.134. The van der Waals surface area contributed by atoms with Crippen molar-refractivity contribution < 1.29 is 4.79 Å². The number of fused-ring (bicyclic) bond motifs is 1. The van der Waals surface area contributed by atoms with E-state index in [2.05, 4.69) is 52.8 Å². The van der Waals surface area contributed by atoms with Gasteiger partial charge < -0.3 is 9.47 Å². The Bertz CT molecular complexity index is 1160. The number of rotatable bonds is 8. The van der Waals surface area contributed by atoms with Gasteiger partial charge in [0.15, 0.2) is 0 Å². The molecule has 0 unspecified atom stereocenters. The van der Waals surface area contributed by atoms with Crippen LogP contribution >= 0.6 is 0 Å². The molecule has 0 aliphatic heterocycles. The van der Waals surface area contributed by atoms with E-state index in [1.54, 1.807) is 0 Å². The van der Waals surface area contributed by atoms with Crippen LogP contribution in [0.25, 0.3) is 22.2 Å². The molecule has 194 valence electrons.